The molecule has 0 fully saturated rings. The summed E-state index contributed by atoms with van der Waals surface area (Å²) in [5.41, 5.74) is 0.860. The van der Waals surface area contributed by atoms with Gasteiger partial charge in [-0.15, -0.1) is 0 Å². The summed E-state index contributed by atoms with van der Waals surface area (Å²) < 4.78 is 5.01. The number of methoxy groups -OCH3 is 1. The molecule has 0 aromatic heterocycles. The summed E-state index contributed by atoms with van der Waals surface area (Å²) >= 11 is 0. The molecule has 0 bridgehead atoms. The number of hydrogen-bond acceptors (Lipinski definition) is 3. The van der Waals surface area contributed by atoms with Gasteiger partial charge in [0.05, 0.1) is 7.11 Å². The number of benzene rings is 1. The number of phenolic OH excluding ortho intramolecular Hbond substituents is 1. The molecule has 0 aliphatic heterocycles. The van der Waals surface area contributed by atoms with E-state index < -0.39 is 0 Å². The lowest BCUT2D eigenvalue weighted by molar-refractivity contribution is -0.114. The fourth-order valence-corrected chi connectivity index (χ4v) is 2.83. The van der Waals surface area contributed by atoms with E-state index in [2.05, 4.69) is 6.92 Å². The van der Waals surface area contributed by atoms with Crippen LogP contribution in [0, 0.1) is 0 Å². The van der Waals surface area contributed by atoms with Crippen molar-refractivity contribution in [3.8, 4) is 11.5 Å². The quantitative estimate of drug-likeness (QED) is 0.236. The molecule has 0 radical (unpaired) electrons. The molecule has 1 N–H and O–H groups in total. The first-order chi connectivity index (χ1) is 12.7. The van der Waals surface area contributed by atoms with Crippen molar-refractivity contribution in [3.63, 3.8) is 0 Å². The van der Waals surface area contributed by atoms with E-state index in [0.717, 1.165) is 18.4 Å². The summed E-state index contributed by atoms with van der Waals surface area (Å²) in [6.07, 6.45) is 19.1. The summed E-state index contributed by atoms with van der Waals surface area (Å²) in [5.74, 6) is 0.740. The van der Waals surface area contributed by atoms with Gasteiger partial charge in [-0.05, 0) is 30.2 Å². The highest BCUT2D eigenvalue weighted by Gasteiger charge is 2.00. The molecule has 0 atom stereocenters. The molecule has 144 valence electrons. The smallest absolute Gasteiger partial charge is 0.160 e. The van der Waals surface area contributed by atoms with Crippen molar-refractivity contribution in [2.75, 3.05) is 7.11 Å². The number of carbonyl (C=O) groups is 1. The van der Waals surface area contributed by atoms with Crippen molar-refractivity contribution < 1.29 is 14.6 Å². The van der Waals surface area contributed by atoms with Crippen LogP contribution in [0.5, 0.6) is 11.5 Å². The van der Waals surface area contributed by atoms with Crippen LogP contribution in [0.3, 0.4) is 0 Å². The molecule has 0 amide bonds. The van der Waals surface area contributed by atoms with Crippen LogP contribution in [-0.2, 0) is 4.79 Å². The van der Waals surface area contributed by atoms with E-state index in [1.807, 2.05) is 18.2 Å². The Labute approximate surface area is 158 Å². The van der Waals surface area contributed by atoms with Gasteiger partial charge in [0, 0.05) is 6.42 Å². The van der Waals surface area contributed by atoms with E-state index in [1.54, 1.807) is 24.3 Å². The van der Waals surface area contributed by atoms with Gasteiger partial charge in [0.1, 0.15) is 0 Å². The molecule has 3 heteroatoms. The number of ketones is 1. The maximum atomic E-state index is 11.8. The Balaban J connectivity index is 2.14. The van der Waals surface area contributed by atoms with Gasteiger partial charge >= 0.3 is 0 Å². The number of hydrogen-bond donors (Lipinski definition) is 1. The van der Waals surface area contributed by atoms with Crippen LogP contribution in [0.4, 0.5) is 0 Å². The first kappa shape index (κ1) is 22.0. The van der Waals surface area contributed by atoms with Crippen molar-refractivity contribution in [2.45, 2.75) is 71.1 Å². The number of carbonyl (C=O) groups excluding carboxylic acids is 1. The third-order valence-electron chi connectivity index (χ3n) is 4.41. The average molecular weight is 359 g/mol. The second-order valence-corrected chi connectivity index (χ2v) is 6.69. The number of unbranched alkanes of at least 4 members (excludes halogenated alkanes) is 8. The van der Waals surface area contributed by atoms with Crippen LogP contribution >= 0.6 is 0 Å². The van der Waals surface area contributed by atoms with Crippen LogP contribution in [0.25, 0.3) is 6.08 Å². The maximum absolute atomic E-state index is 11.8. The van der Waals surface area contributed by atoms with Crippen LogP contribution in [0.1, 0.15) is 76.7 Å². The standard InChI is InChI=1S/C23H34O3/c1-3-4-5-6-7-8-9-10-11-15-21(24)16-13-12-14-20-17-18-23(26-2)22(25)19-20/h12-14,16-19,25H,3-11,15H2,1-2H3. The Kier molecular flexibility index (Phi) is 12.0. The predicted molar refractivity (Wildman–Crippen MR) is 110 cm³/mol. The Bertz CT molecular complexity index is 573. The zero-order valence-corrected chi connectivity index (χ0v) is 16.4. The molecule has 26 heavy (non-hydrogen) atoms. The molecule has 3 nitrogen and oxygen atoms in total. The maximum Gasteiger partial charge on any atom is 0.160 e. The molecular weight excluding hydrogens is 324 g/mol. The molecule has 1 aromatic rings. The zero-order chi connectivity index (χ0) is 19.0. The van der Waals surface area contributed by atoms with E-state index in [1.165, 1.54) is 52.1 Å². The lowest BCUT2D eigenvalue weighted by Gasteiger charge is -2.02. The molecule has 0 heterocycles. The zero-order valence-electron chi connectivity index (χ0n) is 16.4. The van der Waals surface area contributed by atoms with E-state index in [9.17, 15) is 9.90 Å². The third-order valence-corrected chi connectivity index (χ3v) is 4.41. The Morgan fingerprint density at radius 2 is 1.65 bits per heavy atom. The van der Waals surface area contributed by atoms with Gasteiger partial charge in [-0.1, -0.05) is 82.6 Å². The van der Waals surface area contributed by atoms with Gasteiger partial charge in [-0.3, -0.25) is 4.79 Å². The summed E-state index contributed by atoms with van der Waals surface area (Å²) in [7, 11) is 1.52. The molecule has 0 saturated carbocycles. The minimum Gasteiger partial charge on any atom is -0.504 e. The van der Waals surface area contributed by atoms with E-state index in [-0.39, 0.29) is 11.5 Å². The second-order valence-electron chi connectivity index (χ2n) is 6.69. The van der Waals surface area contributed by atoms with Crippen molar-refractivity contribution in [1.82, 2.24) is 0 Å². The summed E-state index contributed by atoms with van der Waals surface area (Å²) in [4.78, 5) is 11.8. The van der Waals surface area contributed by atoms with E-state index in [0.29, 0.717) is 12.2 Å². The lowest BCUT2D eigenvalue weighted by Crippen LogP contribution is -1.92. The van der Waals surface area contributed by atoms with Crippen LogP contribution in [0.15, 0.2) is 36.4 Å². The van der Waals surface area contributed by atoms with Gasteiger partial charge in [0.25, 0.3) is 0 Å². The monoisotopic (exact) mass is 358 g/mol. The van der Waals surface area contributed by atoms with Crippen molar-refractivity contribution in [3.05, 3.63) is 42.0 Å². The highest BCUT2D eigenvalue weighted by atomic mass is 16.5. The van der Waals surface area contributed by atoms with Gasteiger partial charge < -0.3 is 9.84 Å². The fraction of sp³-hybridized carbons (Fsp3) is 0.522. The molecule has 1 rings (SSSR count). The second kappa shape index (κ2) is 14.2. The number of phenols is 1. The largest absolute Gasteiger partial charge is 0.504 e. The number of aromatic hydroxyl groups is 1. The van der Waals surface area contributed by atoms with Crippen LogP contribution in [0.2, 0.25) is 0 Å². The van der Waals surface area contributed by atoms with Crippen LogP contribution < -0.4 is 4.74 Å². The highest BCUT2D eigenvalue weighted by molar-refractivity contribution is 5.89. The van der Waals surface area contributed by atoms with E-state index in [4.69, 9.17) is 4.74 Å². The molecule has 1 aromatic carbocycles. The summed E-state index contributed by atoms with van der Waals surface area (Å²) in [6, 6.07) is 5.20. The summed E-state index contributed by atoms with van der Waals surface area (Å²) in [5, 5.41) is 9.72. The Morgan fingerprint density at radius 1 is 1.00 bits per heavy atom. The van der Waals surface area contributed by atoms with Crippen molar-refractivity contribution in [2.24, 2.45) is 0 Å². The first-order valence-electron chi connectivity index (χ1n) is 9.92. The van der Waals surface area contributed by atoms with Crippen molar-refractivity contribution in [1.29, 1.82) is 0 Å². The Hall–Kier alpha value is -2.03. The molecule has 0 unspecified atom stereocenters. The molecule has 0 saturated heterocycles. The number of ether oxygens (including phenoxy) is 1. The van der Waals surface area contributed by atoms with Gasteiger partial charge in [-0.2, -0.15) is 0 Å². The van der Waals surface area contributed by atoms with Crippen LogP contribution in [-0.4, -0.2) is 18.0 Å². The minimum atomic E-state index is 0.111. The molecule has 0 aliphatic carbocycles. The summed E-state index contributed by atoms with van der Waals surface area (Å²) in [6.45, 7) is 2.24. The fourth-order valence-electron chi connectivity index (χ4n) is 2.83. The van der Waals surface area contributed by atoms with Gasteiger partial charge in [0.2, 0.25) is 0 Å². The molecule has 0 aliphatic rings. The third kappa shape index (κ3) is 10.1. The van der Waals surface area contributed by atoms with Crippen molar-refractivity contribution >= 4 is 11.9 Å². The molecular formula is C23H34O3. The number of rotatable bonds is 14. The number of allylic oxidation sites excluding steroid dienone is 3. The lowest BCUT2D eigenvalue weighted by atomic mass is 10.1. The highest BCUT2D eigenvalue weighted by Crippen LogP contribution is 2.26. The normalized spacial score (nSPS) is 11.5. The predicted octanol–water partition coefficient (Wildman–Crippen LogP) is 6.46. The SMILES string of the molecule is CCCCCCCCCCCC(=O)C=CC=Cc1ccc(OC)c(O)c1. The average Bonchev–Trinajstić information content (AvgIpc) is 2.64. The van der Waals surface area contributed by atoms with Gasteiger partial charge in [0.15, 0.2) is 17.3 Å². The van der Waals surface area contributed by atoms with E-state index >= 15 is 0 Å². The molecule has 0 spiro atoms. The Morgan fingerprint density at radius 3 is 2.27 bits per heavy atom. The van der Waals surface area contributed by atoms with Gasteiger partial charge in [-0.25, -0.2) is 0 Å². The topological polar surface area (TPSA) is 46.5 Å². The first-order valence-corrected chi connectivity index (χ1v) is 9.92. The minimum absolute atomic E-state index is 0.111.